The average Bonchev–Trinajstić information content (AvgIpc) is 2.61. The fourth-order valence-corrected chi connectivity index (χ4v) is 1.37. The van der Waals surface area contributed by atoms with Crippen LogP contribution in [0.15, 0.2) is 4.52 Å². The molecule has 1 rings (SSSR count). The molecule has 0 saturated heterocycles. The van der Waals surface area contributed by atoms with Crippen LogP contribution in [0.1, 0.15) is 52.3 Å². The zero-order valence-electron chi connectivity index (χ0n) is 10.8. The van der Waals surface area contributed by atoms with Crippen LogP contribution >= 0.6 is 0 Å². The van der Waals surface area contributed by atoms with E-state index in [0.29, 0.717) is 0 Å². The Hall–Kier alpha value is -0.900. The number of rotatable bonds is 6. The van der Waals surface area contributed by atoms with Crippen molar-refractivity contribution in [2.45, 2.75) is 58.9 Å². The molecule has 0 radical (unpaired) electrons. The first-order valence-electron chi connectivity index (χ1n) is 6.08. The zero-order valence-corrected chi connectivity index (χ0v) is 10.8. The molecule has 0 unspecified atom stereocenters. The fraction of sp³-hybridized carbons (Fsp3) is 0.833. The Morgan fingerprint density at radius 1 is 1.25 bits per heavy atom. The van der Waals surface area contributed by atoms with E-state index in [2.05, 4.69) is 43.2 Å². The summed E-state index contributed by atoms with van der Waals surface area (Å²) in [6.07, 6.45) is 4.01. The van der Waals surface area contributed by atoms with Crippen molar-refractivity contribution in [3.05, 3.63) is 11.7 Å². The van der Waals surface area contributed by atoms with Gasteiger partial charge in [-0.25, -0.2) is 0 Å². The molecule has 0 aromatic carbocycles. The summed E-state index contributed by atoms with van der Waals surface area (Å²) in [5, 5.41) is 7.35. The lowest BCUT2D eigenvalue weighted by atomic mass is 10.1. The molecule has 0 amide bonds. The highest BCUT2D eigenvalue weighted by molar-refractivity contribution is 4.87. The quantitative estimate of drug-likeness (QED) is 0.807. The summed E-state index contributed by atoms with van der Waals surface area (Å²) < 4.78 is 5.18. The Bertz CT molecular complexity index is 301. The van der Waals surface area contributed by atoms with E-state index < -0.39 is 0 Å². The van der Waals surface area contributed by atoms with E-state index in [1.165, 1.54) is 0 Å². The molecule has 16 heavy (non-hydrogen) atoms. The van der Waals surface area contributed by atoms with Gasteiger partial charge in [0.05, 0.1) is 0 Å². The summed E-state index contributed by atoms with van der Waals surface area (Å²) in [5.74, 6) is 1.58. The van der Waals surface area contributed by atoms with Crippen molar-refractivity contribution in [2.75, 3.05) is 6.54 Å². The highest BCUT2D eigenvalue weighted by Gasteiger charge is 2.10. The van der Waals surface area contributed by atoms with Gasteiger partial charge < -0.3 is 9.84 Å². The van der Waals surface area contributed by atoms with Crippen molar-refractivity contribution >= 4 is 0 Å². The van der Waals surface area contributed by atoms with Gasteiger partial charge in [-0.15, -0.1) is 0 Å². The van der Waals surface area contributed by atoms with Crippen LogP contribution in [-0.2, 0) is 12.8 Å². The number of hydrogen-bond acceptors (Lipinski definition) is 4. The first-order valence-corrected chi connectivity index (χ1v) is 6.08. The molecule has 4 nitrogen and oxygen atoms in total. The second-order valence-electron chi connectivity index (χ2n) is 5.13. The molecule has 1 heterocycles. The normalized spacial score (nSPS) is 12.0. The molecule has 1 aromatic heterocycles. The molecule has 0 aliphatic carbocycles. The standard InChI is InChI=1S/C12H23N3O/c1-5-6-7-10-14-11(16-15-10)8-9-13-12(2,3)4/h13H,5-9H2,1-4H3. The summed E-state index contributed by atoms with van der Waals surface area (Å²) in [5.41, 5.74) is 0.144. The molecular formula is C12H23N3O. The van der Waals surface area contributed by atoms with Crippen molar-refractivity contribution in [1.82, 2.24) is 15.5 Å². The topological polar surface area (TPSA) is 51.0 Å². The van der Waals surface area contributed by atoms with Crippen LogP contribution in [0.4, 0.5) is 0 Å². The van der Waals surface area contributed by atoms with E-state index in [0.717, 1.165) is 43.9 Å². The number of aromatic nitrogens is 2. The van der Waals surface area contributed by atoms with Crippen LogP contribution in [0.5, 0.6) is 0 Å². The SMILES string of the molecule is CCCCc1noc(CCNC(C)(C)C)n1. The summed E-state index contributed by atoms with van der Waals surface area (Å²) in [6.45, 7) is 9.47. The Balaban J connectivity index is 2.29. The van der Waals surface area contributed by atoms with Crippen molar-refractivity contribution in [3.63, 3.8) is 0 Å². The third-order valence-electron chi connectivity index (χ3n) is 2.26. The third-order valence-corrected chi connectivity index (χ3v) is 2.26. The van der Waals surface area contributed by atoms with E-state index in [9.17, 15) is 0 Å². The maximum Gasteiger partial charge on any atom is 0.227 e. The number of aryl methyl sites for hydroxylation is 1. The largest absolute Gasteiger partial charge is 0.339 e. The Morgan fingerprint density at radius 3 is 2.62 bits per heavy atom. The third kappa shape index (κ3) is 5.26. The zero-order chi connectivity index (χ0) is 12.0. The van der Waals surface area contributed by atoms with Gasteiger partial charge in [-0.05, 0) is 27.2 Å². The van der Waals surface area contributed by atoms with Gasteiger partial charge in [-0.3, -0.25) is 0 Å². The van der Waals surface area contributed by atoms with Crippen LogP contribution in [0.3, 0.4) is 0 Å². The van der Waals surface area contributed by atoms with Crippen LogP contribution < -0.4 is 5.32 Å². The molecular weight excluding hydrogens is 202 g/mol. The van der Waals surface area contributed by atoms with Crippen LogP contribution in [0.25, 0.3) is 0 Å². The first-order chi connectivity index (χ1) is 7.51. The lowest BCUT2D eigenvalue weighted by molar-refractivity contribution is 0.358. The van der Waals surface area contributed by atoms with Gasteiger partial charge in [-0.1, -0.05) is 18.5 Å². The smallest absolute Gasteiger partial charge is 0.227 e. The lowest BCUT2D eigenvalue weighted by Crippen LogP contribution is -2.37. The van der Waals surface area contributed by atoms with Crippen LogP contribution in [-0.4, -0.2) is 22.2 Å². The van der Waals surface area contributed by atoms with Gasteiger partial charge in [-0.2, -0.15) is 4.98 Å². The molecule has 1 N–H and O–H groups in total. The van der Waals surface area contributed by atoms with Crippen LogP contribution in [0.2, 0.25) is 0 Å². The molecule has 0 aliphatic rings. The molecule has 92 valence electrons. The first kappa shape index (κ1) is 13.2. The van der Waals surface area contributed by atoms with E-state index >= 15 is 0 Å². The number of hydrogen-bond donors (Lipinski definition) is 1. The van der Waals surface area contributed by atoms with Gasteiger partial charge in [0.25, 0.3) is 0 Å². The highest BCUT2D eigenvalue weighted by Crippen LogP contribution is 2.03. The average molecular weight is 225 g/mol. The summed E-state index contributed by atoms with van der Waals surface area (Å²) in [7, 11) is 0. The highest BCUT2D eigenvalue weighted by atomic mass is 16.5. The van der Waals surface area contributed by atoms with Gasteiger partial charge in [0.15, 0.2) is 5.82 Å². The van der Waals surface area contributed by atoms with Gasteiger partial charge in [0, 0.05) is 24.9 Å². The van der Waals surface area contributed by atoms with Crippen molar-refractivity contribution in [1.29, 1.82) is 0 Å². The molecule has 0 aliphatic heterocycles. The molecule has 0 bridgehead atoms. The van der Waals surface area contributed by atoms with Crippen LogP contribution in [0, 0.1) is 0 Å². The van der Waals surface area contributed by atoms with E-state index in [1.54, 1.807) is 0 Å². The molecule has 0 spiro atoms. The summed E-state index contributed by atoms with van der Waals surface area (Å²) in [6, 6.07) is 0. The molecule has 4 heteroatoms. The summed E-state index contributed by atoms with van der Waals surface area (Å²) in [4.78, 5) is 4.35. The minimum absolute atomic E-state index is 0.144. The Morgan fingerprint density at radius 2 is 2.00 bits per heavy atom. The summed E-state index contributed by atoms with van der Waals surface area (Å²) >= 11 is 0. The second-order valence-corrected chi connectivity index (χ2v) is 5.13. The monoisotopic (exact) mass is 225 g/mol. The minimum Gasteiger partial charge on any atom is -0.339 e. The number of nitrogens with zero attached hydrogens (tertiary/aromatic N) is 2. The minimum atomic E-state index is 0.144. The maximum absolute atomic E-state index is 5.18. The molecule has 0 fully saturated rings. The second kappa shape index (κ2) is 5.99. The van der Waals surface area contributed by atoms with Gasteiger partial charge in [0.1, 0.15) is 0 Å². The predicted molar refractivity (Wildman–Crippen MR) is 64.4 cm³/mol. The van der Waals surface area contributed by atoms with Crippen molar-refractivity contribution < 1.29 is 4.52 Å². The van der Waals surface area contributed by atoms with E-state index in [1.807, 2.05) is 0 Å². The van der Waals surface area contributed by atoms with Gasteiger partial charge >= 0.3 is 0 Å². The number of nitrogens with one attached hydrogen (secondary N) is 1. The van der Waals surface area contributed by atoms with E-state index in [4.69, 9.17) is 4.52 Å². The Labute approximate surface area is 97.8 Å². The van der Waals surface area contributed by atoms with Crippen molar-refractivity contribution in [2.24, 2.45) is 0 Å². The maximum atomic E-state index is 5.18. The molecule has 0 atom stereocenters. The lowest BCUT2D eigenvalue weighted by Gasteiger charge is -2.19. The molecule has 0 saturated carbocycles. The Kier molecular flexibility index (Phi) is 4.93. The van der Waals surface area contributed by atoms with Gasteiger partial charge in [0.2, 0.25) is 5.89 Å². The predicted octanol–water partition coefficient (Wildman–Crippen LogP) is 2.34. The fourth-order valence-electron chi connectivity index (χ4n) is 1.37. The van der Waals surface area contributed by atoms with Crippen molar-refractivity contribution in [3.8, 4) is 0 Å². The molecule has 1 aromatic rings. The number of unbranched alkanes of at least 4 members (excludes halogenated alkanes) is 1. The van der Waals surface area contributed by atoms with E-state index in [-0.39, 0.29) is 5.54 Å².